The van der Waals surface area contributed by atoms with Gasteiger partial charge in [-0.3, -0.25) is 0 Å². The molecule has 0 heterocycles. The highest BCUT2D eigenvalue weighted by molar-refractivity contribution is 5.87. The van der Waals surface area contributed by atoms with Gasteiger partial charge < -0.3 is 26.5 Å². The molecule has 0 aromatic carbocycles. The molecular formula is C8H18N2O3. The van der Waals surface area contributed by atoms with Crippen LogP contribution in [0.4, 0.5) is 0 Å². The molecular weight excluding hydrogens is 172 g/mol. The molecule has 0 fully saturated rings. The standard InChI is InChI=1S/C8H18N2O3/c1-4(2)6(10)8(13)7(12)5(9)3-11/h4-5,7-8,10-13H,3,9H2,1-2H3/t5?,7?,8-/m1/s1. The molecule has 0 aromatic rings. The average molecular weight is 190 g/mol. The number of hydrogen-bond donors (Lipinski definition) is 5. The van der Waals surface area contributed by atoms with E-state index >= 15 is 0 Å². The van der Waals surface area contributed by atoms with Crippen LogP contribution in [0.5, 0.6) is 0 Å². The van der Waals surface area contributed by atoms with Gasteiger partial charge in [0.15, 0.2) is 0 Å². The molecule has 5 heteroatoms. The van der Waals surface area contributed by atoms with Gasteiger partial charge in [-0.05, 0) is 5.92 Å². The first kappa shape index (κ1) is 12.5. The van der Waals surface area contributed by atoms with Crippen LogP contribution in [0.2, 0.25) is 0 Å². The molecule has 0 spiro atoms. The van der Waals surface area contributed by atoms with Gasteiger partial charge in [0.1, 0.15) is 12.2 Å². The minimum atomic E-state index is -1.29. The van der Waals surface area contributed by atoms with Crippen molar-refractivity contribution in [1.29, 1.82) is 5.41 Å². The molecule has 0 rings (SSSR count). The molecule has 5 nitrogen and oxygen atoms in total. The lowest BCUT2D eigenvalue weighted by Gasteiger charge is -2.24. The molecule has 0 saturated heterocycles. The van der Waals surface area contributed by atoms with Crippen LogP contribution in [0.3, 0.4) is 0 Å². The zero-order chi connectivity index (χ0) is 10.6. The van der Waals surface area contributed by atoms with E-state index in [1.807, 2.05) is 0 Å². The molecule has 0 aliphatic carbocycles. The summed E-state index contributed by atoms with van der Waals surface area (Å²) in [6.45, 7) is 3.06. The van der Waals surface area contributed by atoms with Gasteiger partial charge >= 0.3 is 0 Å². The van der Waals surface area contributed by atoms with Gasteiger partial charge in [0.25, 0.3) is 0 Å². The van der Waals surface area contributed by atoms with E-state index in [1.54, 1.807) is 13.8 Å². The molecule has 0 bridgehead atoms. The van der Waals surface area contributed by atoms with Crippen molar-refractivity contribution >= 4 is 5.71 Å². The van der Waals surface area contributed by atoms with E-state index in [0.29, 0.717) is 0 Å². The predicted octanol–water partition coefficient (Wildman–Crippen LogP) is -1.30. The first-order chi connectivity index (χ1) is 5.91. The molecule has 0 aliphatic heterocycles. The highest BCUT2D eigenvalue weighted by atomic mass is 16.3. The number of rotatable bonds is 5. The number of aliphatic hydroxyl groups is 3. The molecule has 0 radical (unpaired) electrons. The Hall–Kier alpha value is -0.490. The van der Waals surface area contributed by atoms with Crippen molar-refractivity contribution in [2.24, 2.45) is 11.7 Å². The molecule has 0 saturated carbocycles. The first-order valence-corrected chi connectivity index (χ1v) is 4.22. The van der Waals surface area contributed by atoms with Crippen molar-refractivity contribution < 1.29 is 15.3 Å². The monoisotopic (exact) mass is 190 g/mol. The Morgan fingerprint density at radius 1 is 1.38 bits per heavy atom. The minimum Gasteiger partial charge on any atom is -0.395 e. The maximum Gasteiger partial charge on any atom is 0.119 e. The summed E-state index contributed by atoms with van der Waals surface area (Å²) in [6.07, 6.45) is -2.57. The van der Waals surface area contributed by atoms with Gasteiger partial charge in [-0.2, -0.15) is 0 Å². The van der Waals surface area contributed by atoms with Gasteiger partial charge in [0, 0.05) is 5.71 Å². The fraction of sp³-hybridized carbons (Fsp3) is 0.875. The van der Waals surface area contributed by atoms with Gasteiger partial charge in [-0.15, -0.1) is 0 Å². The normalized spacial score (nSPS) is 18.4. The van der Waals surface area contributed by atoms with E-state index in [9.17, 15) is 10.2 Å². The second-order valence-corrected chi connectivity index (χ2v) is 3.39. The Bertz CT molecular complexity index is 173. The van der Waals surface area contributed by atoms with Crippen molar-refractivity contribution in [3.05, 3.63) is 0 Å². The molecule has 0 aromatic heterocycles. The summed E-state index contributed by atoms with van der Waals surface area (Å²) in [4.78, 5) is 0. The van der Waals surface area contributed by atoms with E-state index in [1.165, 1.54) is 0 Å². The van der Waals surface area contributed by atoms with Crippen molar-refractivity contribution in [3.63, 3.8) is 0 Å². The zero-order valence-corrected chi connectivity index (χ0v) is 7.94. The molecule has 0 aliphatic rings. The summed E-state index contributed by atoms with van der Waals surface area (Å²) in [7, 11) is 0. The summed E-state index contributed by atoms with van der Waals surface area (Å²) in [5, 5.41) is 34.7. The van der Waals surface area contributed by atoms with Crippen molar-refractivity contribution in [3.8, 4) is 0 Å². The van der Waals surface area contributed by atoms with Gasteiger partial charge in [0.2, 0.25) is 0 Å². The fourth-order valence-electron chi connectivity index (χ4n) is 0.868. The van der Waals surface area contributed by atoms with Gasteiger partial charge in [-0.25, -0.2) is 0 Å². The fourth-order valence-corrected chi connectivity index (χ4v) is 0.868. The Morgan fingerprint density at radius 3 is 2.15 bits per heavy atom. The van der Waals surface area contributed by atoms with Crippen molar-refractivity contribution in [2.75, 3.05) is 6.61 Å². The van der Waals surface area contributed by atoms with E-state index in [2.05, 4.69) is 0 Å². The van der Waals surface area contributed by atoms with Crippen molar-refractivity contribution in [2.45, 2.75) is 32.1 Å². The third kappa shape index (κ3) is 3.40. The van der Waals surface area contributed by atoms with Crippen LogP contribution in [-0.4, -0.2) is 45.9 Å². The third-order valence-corrected chi connectivity index (χ3v) is 1.91. The lowest BCUT2D eigenvalue weighted by molar-refractivity contribution is 0.0246. The SMILES string of the molecule is CC(C)C(=N)[C@@H](O)C(O)C(N)CO. The first-order valence-electron chi connectivity index (χ1n) is 4.22. The Labute approximate surface area is 77.7 Å². The molecule has 78 valence electrons. The second-order valence-electron chi connectivity index (χ2n) is 3.39. The van der Waals surface area contributed by atoms with Crippen molar-refractivity contribution in [1.82, 2.24) is 0 Å². The van der Waals surface area contributed by atoms with E-state index in [0.717, 1.165) is 0 Å². The highest BCUT2D eigenvalue weighted by Crippen LogP contribution is 2.06. The van der Waals surface area contributed by atoms with Crippen LogP contribution < -0.4 is 5.73 Å². The molecule has 2 unspecified atom stereocenters. The maximum absolute atomic E-state index is 9.39. The van der Waals surface area contributed by atoms with E-state index < -0.39 is 24.9 Å². The Balaban J connectivity index is 4.24. The summed E-state index contributed by atoms with van der Waals surface area (Å²) in [6, 6.07) is -0.908. The summed E-state index contributed by atoms with van der Waals surface area (Å²) < 4.78 is 0. The van der Waals surface area contributed by atoms with Crippen LogP contribution >= 0.6 is 0 Å². The largest absolute Gasteiger partial charge is 0.395 e. The third-order valence-electron chi connectivity index (χ3n) is 1.91. The predicted molar refractivity (Wildman–Crippen MR) is 49.6 cm³/mol. The summed E-state index contributed by atoms with van der Waals surface area (Å²) >= 11 is 0. The Kier molecular flexibility index (Phi) is 5.09. The van der Waals surface area contributed by atoms with Crippen LogP contribution in [0, 0.1) is 11.3 Å². The molecule has 6 N–H and O–H groups in total. The van der Waals surface area contributed by atoms with Crippen LogP contribution in [-0.2, 0) is 0 Å². The quantitative estimate of drug-likeness (QED) is 0.347. The summed E-state index contributed by atoms with van der Waals surface area (Å²) in [5.74, 6) is -0.143. The molecule has 0 amide bonds. The smallest absolute Gasteiger partial charge is 0.119 e. The molecule has 13 heavy (non-hydrogen) atoms. The zero-order valence-electron chi connectivity index (χ0n) is 7.94. The minimum absolute atomic E-state index is 0.0244. The van der Waals surface area contributed by atoms with E-state index in [4.69, 9.17) is 16.2 Å². The number of nitrogens with two attached hydrogens (primary N) is 1. The van der Waals surface area contributed by atoms with Gasteiger partial charge in [0.05, 0.1) is 12.6 Å². The van der Waals surface area contributed by atoms with Crippen LogP contribution in [0.15, 0.2) is 0 Å². The highest BCUT2D eigenvalue weighted by Gasteiger charge is 2.27. The maximum atomic E-state index is 9.39. The topological polar surface area (TPSA) is 111 Å². The summed E-state index contributed by atoms with van der Waals surface area (Å²) in [5.41, 5.74) is 5.32. The Morgan fingerprint density at radius 2 is 1.85 bits per heavy atom. The average Bonchev–Trinajstić information content (AvgIpc) is 2.12. The number of aliphatic hydroxyl groups excluding tert-OH is 3. The number of hydrogen-bond acceptors (Lipinski definition) is 5. The van der Waals surface area contributed by atoms with E-state index in [-0.39, 0.29) is 11.6 Å². The number of nitrogens with one attached hydrogen (secondary N) is 1. The van der Waals surface area contributed by atoms with Crippen LogP contribution in [0.1, 0.15) is 13.8 Å². The second kappa shape index (κ2) is 5.29. The molecule has 3 atom stereocenters. The lowest BCUT2D eigenvalue weighted by Crippen LogP contribution is -2.49. The van der Waals surface area contributed by atoms with Crippen LogP contribution in [0.25, 0.3) is 0 Å². The lowest BCUT2D eigenvalue weighted by atomic mass is 9.96. The van der Waals surface area contributed by atoms with Gasteiger partial charge in [-0.1, -0.05) is 13.8 Å².